The minimum absolute atomic E-state index is 0.288. The van der Waals surface area contributed by atoms with Crippen molar-refractivity contribution >= 4 is 11.6 Å². The fourth-order valence-corrected chi connectivity index (χ4v) is 2.05. The summed E-state index contributed by atoms with van der Waals surface area (Å²) in [6, 6.07) is 4.30. The quantitative estimate of drug-likeness (QED) is 0.852. The summed E-state index contributed by atoms with van der Waals surface area (Å²) in [6.45, 7) is 1.03. The molecule has 16 heavy (non-hydrogen) atoms. The van der Waals surface area contributed by atoms with Gasteiger partial charge in [-0.1, -0.05) is 11.6 Å². The van der Waals surface area contributed by atoms with E-state index in [0.717, 1.165) is 24.8 Å². The fourth-order valence-electron chi connectivity index (χ4n) is 1.87. The van der Waals surface area contributed by atoms with Gasteiger partial charge in [-0.2, -0.15) is 0 Å². The molecule has 1 aliphatic rings. The molecule has 1 fully saturated rings. The van der Waals surface area contributed by atoms with Crippen LogP contribution in [-0.2, 0) is 6.54 Å². The maximum atomic E-state index is 12.9. The Bertz CT molecular complexity index is 379. The highest BCUT2D eigenvalue weighted by molar-refractivity contribution is 6.31. The van der Waals surface area contributed by atoms with Crippen molar-refractivity contribution in [2.45, 2.75) is 31.4 Å². The Labute approximate surface area is 99.4 Å². The Balaban J connectivity index is 1.87. The molecule has 0 saturated heterocycles. The van der Waals surface area contributed by atoms with Gasteiger partial charge in [0.15, 0.2) is 0 Å². The van der Waals surface area contributed by atoms with E-state index < -0.39 is 5.60 Å². The summed E-state index contributed by atoms with van der Waals surface area (Å²) in [5.74, 6) is -0.288. The molecule has 1 aliphatic carbocycles. The molecule has 1 saturated carbocycles. The second-order valence-electron chi connectivity index (χ2n) is 4.42. The van der Waals surface area contributed by atoms with Crippen molar-refractivity contribution in [2.24, 2.45) is 0 Å². The Morgan fingerprint density at radius 3 is 2.81 bits per heavy atom. The number of halogens is 2. The first-order valence-electron chi connectivity index (χ1n) is 5.46. The van der Waals surface area contributed by atoms with Gasteiger partial charge < -0.3 is 10.4 Å². The van der Waals surface area contributed by atoms with Crippen molar-refractivity contribution in [2.75, 3.05) is 6.54 Å². The van der Waals surface area contributed by atoms with Gasteiger partial charge >= 0.3 is 0 Å². The Morgan fingerprint density at radius 1 is 1.44 bits per heavy atom. The average Bonchev–Trinajstić information content (AvgIpc) is 2.21. The topological polar surface area (TPSA) is 32.3 Å². The molecular weight excluding hydrogens is 229 g/mol. The summed E-state index contributed by atoms with van der Waals surface area (Å²) in [6.07, 6.45) is 2.77. The van der Waals surface area contributed by atoms with Crippen LogP contribution in [0.2, 0.25) is 5.02 Å². The first-order valence-corrected chi connectivity index (χ1v) is 5.84. The molecule has 0 unspecified atom stereocenters. The number of hydrogen-bond donors (Lipinski definition) is 2. The molecule has 2 nitrogen and oxygen atoms in total. The second-order valence-corrected chi connectivity index (χ2v) is 4.82. The normalized spacial score (nSPS) is 18.2. The highest BCUT2D eigenvalue weighted by Gasteiger charge is 2.33. The molecule has 0 aliphatic heterocycles. The predicted octanol–water partition coefficient (Wildman–Crippen LogP) is 2.48. The number of nitrogens with one attached hydrogen (secondary N) is 1. The molecule has 0 heterocycles. The van der Waals surface area contributed by atoms with Gasteiger partial charge in [-0.15, -0.1) is 0 Å². The molecule has 0 radical (unpaired) electrons. The molecule has 0 amide bonds. The number of rotatable bonds is 4. The molecule has 0 bridgehead atoms. The molecule has 0 aromatic heterocycles. The van der Waals surface area contributed by atoms with Crippen molar-refractivity contribution in [1.82, 2.24) is 5.32 Å². The van der Waals surface area contributed by atoms with Crippen LogP contribution in [0.3, 0.4) is 0 Å². The molecule has 1 aromatic carbocycles. The van der Waals surface area contributed by atoms with E-state index in [1.165, 1.54) is 12.1 Å². The van der Waals surface area contributed by atoms with E-state index in [-0.39, 0.29) is 5.82 Å². The molecule has 88 valence electrons. The largest absolute Gasteiger partial charge is 0.389 e. The number of aliphatic hydroxyl groups is 1. The van der Waals surface area contributed by atoms with E-state index in [0.29, 0.717) is 18.1 Å². The van der Waals surface area contributed by atoms with Crippen LogP contribution in [0.1, 0.15) is 24.8 Å². The zero-order chi connectivity index (χ0) is 11.6. The summed E-state index contributed by atoms with van der Waals surface area (Å²) in [4.78, 5) is 0. The Hall–Kier alpha value is -0.640. The molecule has 2 rings (SSSR count). The minimum Gasteiger partial charge on any atom is -0.389 e. The van der Waals surface area contributed by atoms with E-state index in [4.69, 9.17) is 11.6 Å². The molecule has 1 aromatic rings. The van der Waals surface area contributed by atoms with Crippen LogP contribution in [0.4, 0.5) is 4.39 Å². The second kappa shape index (κ2) is 4.70. The van der Waals surface area contributed by atoms with E-state index in [1.54, 1.807) is 6.07 Å². The monoisotopic (exact) mass is 243 g/mol. The van der Waals surface area contributed by atoms with Crippen LogP contribution in [0.15, 0.2) is 18.2 Å². The van der Waals surface area contributed by atoms with Gasteiger partial charge in [0.1, 0.15) is 5.82 Å². The number of hydrogen-bond acceptors (Lipinski definition) is 2. The lowest BCUT2D eigenvalue weighted by Crippen LogP contribution is -2.46. The summed E-state index contributed by atoms with van der Waals surface area (Å²) in [5.41, 5.74) is 0.171. The molecule has 0 spiro atoms. The molecule has 0 atom stereocenters. The van der Waals surface area contributed by atoms with Gasteiger partial charge in [0.25, 0.3) is 0 Å². The van der Waals surface area contributed by atoms with Crippen molar-refractivity contribution in [3.63, 3.8) is 0 Å². The van der Waals surface area contributed by atoms with Crippen molar-refractivity contribution < 1.29 is 9.50 Å². The smallest absolute Gasteiger partial charge is 0.123 e. The van der Waals surface area contributed by atoms with Crippen LogP contribution >= 0.6 is 11.6 Å². The molecule has 2 N–H and O–H groups in total. The summed E-state index contributed by atoms with van der Waals surface area (Å²) >= 11 is 5.92. The first kappa shape index (κ1) is 11.8. The Kier molecular flexibility index (Phi) is 3.47. The Morgan fingerprint density at radius 2 is 2.19 bits per heavy atom. The van der Waals surface area contributed by atoms with Gasteiger partial charge in [-0.3, -0.25) is 0 Å². The maximum absolute atomic E-state index is 12.9. The first-order chi connectivity index (χ1) is 7.59. The van der Waals surface area contributed by atoms with Gasteiger partial charge in [-0.05, 0) is 43.0 Å². The predicted molar refractivity (Wildman–Crippen MR) is 61.9 cm³/mol. The van der Waals surface area contributed by atoms with Crippen LogP contribution in [0, 0.1) is 5.82 Å². The number of benzene rings is 1. The minimum atomic E-state index is -0.556. The van der Waals surface area contributed by atoms with E-state index in [2.05, 4.69) is 5.32 Å². The van der Waals surface area contributed by atoms with Crippen molar-refractivity contribution in [3.05, 3.63) is 34.6 Å². The van der Waals surface area contributed by atoms with Crippen molar-refractivity contribution in [1.29, 1.82) is 0 Å². The van der Waals surface area contributed by atoms with E-state index in [9.17, 15) is 9.50 Å². The van der Waals surface area contributed by atoms with Gasteiger partial charge in [0, 0.05) is 18.1 Å². The zero-order valence-corrected chi connectivity index (χ0v) is 9.73. The zero-order valence-electron chi connectivity index (χ0n) is 8.97. The van der Waals surface area contributed by atoms with Crippen LogP contribution in [0.5, 0.6) is 0 Å². The SMILES string of the molecule is OC1(CNCc2cc(F)ccc2Cl)CCC1. The van der Waals surface area contributed by atoms with Gasteiger partial charge in [0.05, 0.1) is 5.60 Å². The third-order valence-electron chi connectivity index (χ3n) is 3.06. The van der Waals surface area contributed by atoms with Crippen LogP contribution in [0.25, 0.3) is 0 Å². The summed E-state index contributed by atoms with van der Waals surface area (Å²) < 4.78 is 12.9. The third-order valence-corrected chi connectivity index (χ3v) is 3.43. The maximum Gasteiger partial charge on any atom is 0.123 e. The average molecular weight is 244 g/mol. The summed E-state index contributed by atoms with van der Waals surface area (Å²) in [7, 11) is 0. The fraction of sp³-hybridized carbons (Fsp3) is 0.500. The lowest BCUT2D eigenvalue weighted by molar-refractivity contribution is -0.0314. The summed E-state index contributed by atoms with van der Waals surface area (Å²) in [5, 5.41) is 13.5. The molecule has 4 heteroatoms. The van der Waals surface area contributed by atoms with Gasteiger partial charge in [0.2, 0.25) is 0 Å². The van der Waals surface area contributed by atoms with Crippen LogP contribution < -0.4 is 5.32 Å². The van der Waals surface area contributed by atoms with E-state index in [1.807, 2.05) is 0 Å². The van der Waals surface area contributed by atoms with E-state index >= 15 is 0 Å². The lowest BCUT2D eigenvalue weighted by Gasteiger charge is -2.36. The van der Waals surface area contributed by atoms with Gasteiger partial charge in [-0.25, -0.2) is 4.39 Å². The molecular formula is C12H15ClFNO. The highest BCUT2D eigenvalue weighted by Crippen LogP contribution is 2.30. The van der Waals surface area contributed by atoms with Crippen molar-refractivity contribution in [3.8, 4) is 0 Å². The lowest BCUT2D eigenvalue weighted by atomic mass is 9.80. The third kappa shape index (κ3) is 2.73. The van der Waals surface area contributed by atoms with Crippen LogP contribution in [-0.4, -0.2) is 17.3 Å². The highest BCUT2D eigenvalue weighted by atomic mass is 35.5. The standard InChI is InChI=1S/C12H15ClFNO/c13-11-3-2-10(14)6-9(11)7-15-8-12(16)4-1-5-12/h2-3,6,15-16H,1,4-5,7-8H2.